The third-order valence-electron chi connectivity index (χ3n) is 1.94. The second-order valence-electron chi connectivity index (χ2n) is 3.32. The van der Waals surface area contributed by atoms with Gasteiger partial charge in [0.2, 0.25) is 0 Å². The van der Waals surface area contributed by atoms with E-state index in [1.807, 2.05) is 32.0 Å². The van der Waals surface area contributed by atoms with Crippen LogP contribution in [0.3, 0.4) is 0 Å². The standard InChI is InChI=1S/C12H14O3/c1-9-5-6-10(2)11(8-9)15-7-3-4-12(13)14/h3-6,8H,7H2,1-2H3,(H,13,14)/b4-3+. The maximum absolute atomic E-state index is 10.2. The van der Waals surface area contributed by atoms with Gasteiger partial charge in [-0.1, -0.05) is 12.1 Å². The van der Waals surface area contributed by atoms with Crippen molar-refractivity contribution < 1.29 is 14.6 Å². The van der Waals surface area contributed by atoms with Crippen LogP contribution in [0.2, 0.25) is 0 Å². The fourth-order valence-electron chi connectivity index (χ4n) is 1.15. The first kappa shape index (κ1) is 11.3. The van der Waals surface area contributed by atoms with Gasteiger partial charge in [0.05, 0.1) is 0 Å². The van der Waals surface area contributed by atoms with Crippen LogP contribution in [0.1, 0.15) is 11.1 Å². The first-order chi connectivity index (χ1) is 7.09. The minimum Gasteiger partial charge on any atom is -0.489 e. The quantitative estimate of drug-likeness (QED) is 0.769. The number of benzene rings is 1. The molecule has 15 heavy (non-hydrogen) atoms. The lowest BCUT2D eigenvalue weighted by molar-refractivity contribution is -0.131. The molecule has 1 aromatic rings. The molecule has 0 radical (unpaired) electrons. The monoisotopic (exact) mass is 206 g/mol. The van der Waals surface area contributed by atoms with E-state index in [0.29, 0.717) is 0 Å². The second-order valence-corrected chi connectivity index (χ2v) is 3.32. The number of hydrogen-bond donors (Lipinski definition) is 1. The van der Waals surface area contributed by atoms with Crippen molar-refractivity contribution in [1.82, 2.24) is 0 Å². The van der Waals surface area contributed by atoms with Gasteiger partial charge in [-0.25, -0.2) is 4.79 Å². The SMILES string of the molecule is Cc1ccc(C)c(OC/C=C/C(=O)O)c1. The van der Waals surface area contributed by atoms with Crippen molar-refractivity contribution in [2.45, 2.75) is 13.8 Å². The average Bonchev–Trinajstić information content (AvgIpc) is 2.17. The highest BCUT2D eigenvalue weighted by atomic mass is 16.5. The molecule has 80 valence electrons. The van der Waals surface area contributed by atoms with E-state index in [-0.39, 0.29) is 6.61 Å². The molecule has 0 aliphatic rings. The minimum atomic E-state index is -0.959. The van der Waals surface area contributed by atoms with Gasteiger partial charge in [-0.3, -0.25) is 0 Å². The highest BCUT2D eigenvalue weighted by Gasteiger charge is 1.98. The van der Waals surface area contributed by atoms with Crippen molar-refractivity contribution in [2.75, 3.05) is 6.61 Å². The topological polar surface area (TPSA) is 46.5 Å². The van der Waals surface area contributed by atoms with Crippen LogP contribution in [0.4, 0.5) is 0 Å². The molecule has 0 atom stereocenters. The second kappa shape index (κ2) is 5.20. The van der Waals surface area contributed by atoms with Crippen molar-refractivity contribution >= 4 is 5.97 Å². The summed E-state index contributed by atoms with van der Waals surface area (Å²) in [6, 6.07) is 5.92. The van der Waals surface area contributed by atoms with E-state index in [0.717, 1.165) is 23.0 Å². The van der Waals surface area contributed by atoms with Gasteiger partial charge >= 0.3 is 5.97 Å². The van der Waals surface area contributed by atoms with E-state index in [1.165, 1.54) is 6.08 Å². The first-order valence-electron chi connectivity index (χ1n) is 4.69. The van der Waals surface area contributed by atoms with E-state index in [2.05, 4.69) is 0 Å². The Hall–Kier alpha value is -1.77. The summed E-state index contributed by atoms with van der Waals surface area (Å²) < 4.78 is 5.42. The Labute approximate surface area is 89.0 Å². The zero-order valence-electron chi connectivity index (χ0n) is 8.86. The summed E-state index contributed by atoms with van der Waals surface area (Å²) in [5, 5.41) is 8.37. The fraction of sp³-hybridized carbons (Fsp3) is 0.250. The van der Waals surface area contributed by atoms with E-state index in [9.17, 15) is 4.79 Å². The number of rotatable bonds is 4. The average molecular weight is 206 g/mol. The Balaban J connectivity index is 2.57. The van der Waals surface area contributed by atoms with Gasteiger partial charge in [0.25, 0.3) is 0 Å². The summed E-state index contributed by atoms with van der Waals surface area (Å²) in [5.41, 5.74) is 2.17. The molecule has 1 rings (SSSR count). The molecule has 0 fully saturated rings. The van der Waals surface area contributed by atoms with Gasteiger partial charge in [-0.05, 0) is 37.1 Å². The summed E-state index contributed by atoms with van der Waals surface area (Å²) >= 11 is 0. The molecule has 0 saturated carbocycles. The van der Waals surface area contributed by atoms with Gasteiger partial charge in [0.15, 0.2) is 0 Å². The molecule has 0 spiro atoms. The van der Waals surface area contributed by atoms with E-state index in [4.69, 9.17) is 9.84 Å². The molecule has 0 aliphatic carbocycles. The highest BCUT2D eigenvalue weighted by Crippen LogP contribution is 2.18. The zero-order valence-corrected chi connectivity index (χ0v) is 8.86. The third-order valence-corrected chi connectivity index (χ3v) is 1.94. The normalized spacial score (nSPS) is 10.5. The number of aryl methyl sites for hydroxylation is 2. The largest absolute Gasteiger partial charge is 0.489 e. The van der Waals surface area contributed by atoms with Gasteiger partial charge in [0.1, 0.15) is 12.4 Å². The summed E-state index contributed by atoms with van der Waals surface area (Å²) in [6.45, 7) is 4.21. The van der Waals surface area contributed by atoms with Crippen LogP contribution in [-0.2, 0) is 4.79 Å². The predicted molar refractivity (Wildman–Crippen MR) is 58.2 cm³/mol. The third kappa shape index (κ3) is 3.85. The van der Waals surface area contributed by atoms with Crippen molar-refractivity contribution in [2.24, 2.45) is 0 Å². The summed E-state index contributed by atoms with van der Waals surface area (Å²) in [6.07, 6.45) is 2.55. The molecule has 0 amide bonds. The lowest BCUT2D eigenvalue weighted by atomic mass is 10.1. The molecular formula is C12H14O3. The fourth-order valence-corrected chi connectivity index (χ4v) is 1.15. The molecule has 0 heterocycles. The molecule has 0 unspecified atom stereocenters. The Morgan fingerprint density at radius 3 is 2.87 bits per heavy atom. The molecule has 1 N–H and O–H groups in total. The number of aliphatic carboxylic acids is 1. The van der Waals surface area contributed by atoms with Crippen LogP contribution in [0.15, 0.2) is 30.4 Å². The summed E-state index contributed by atoms with van der Waals surface area (Å²) in [7, 11) is 0. The molecular weight excluding hydrogens is 192 g/mol. The van der Waals surface area contributed by atoms with Crippen molar-refractivity contribution in [1.29, 1.82) is 0 Å². The Bertz CT molecular complexity index is 380. The molecule has 0 aliphatic heterocycles. The molecule has 3 heteroatoms. The maximum atomic E-state index is 10.2. The number of hydrogen-bond acceptors (Lipinski definition) is 2. The summed E-state index contributed by atoms with van der Waals surface area (Å²) in [5.74, 6) is -0.162. The van der Waals surface area contributed by atoms with Crippen molar-refractivity contribution in [3.63, 3.8) is 0 Å². The van der Waals surface area contributed by atoms with Crippen molar-refractivity contribution in [3.05, 3.63) is 41.5 Å². The molecule has 0 saturated heterocycles. The smallest absolute Gasteiger partial charge is 0.328 e. The lowest BCUT2D eigenvalue weighted by Crippen LogP contribution is -1.97. The Morgan fingerprint density at radius 1 is 1.47 bits per heavy atom. The molecule has 1 aromatic carbocycles. The molecule has 3 nitrogen and oxygen atoms in total. The van der Waals surface area contributed by atoms with Crippen LogP contribution < -0.4 is 4.74 Å². The minimum absolute atomic E-state index is 0.274. The van der Waals surface area contributed by atoms with Crippen LogP contribution in [0.5, 0.6) is 5.75 Å². The van der Waals surface area contributed by atoms with Gasteiger partial charge in [-0.2, -0.15) is 0 Å². The van der Waals surface area contributed by atoms with Gasteiger partial charge < -0.3 is 9.84 Å². The van der Waals surface area contributed by atoms with E-state index >= 15 is 0 Å². The highest BCUT2D eigenvalue weighted by molar-refractivity contribution is 5.79. The van der Waals surface area contributed by atoms with Crippen LogP contribution in [-0.4, -0.2) is 17.7 Å². The van der Waals surface area contributed by atoms with E-state index in [1.54, 1.807) is 0 Å². The Morgan fingerprint density at radius 2 is 2.20 bits per heavy atom. The van der Waals surface area contributed by atoms with Crippen LogP contribution in [0.25, 0.3) is 0 Å². The first-order valence-corrected chi connectivity index (χ1v) is 4.69. The predicted octanol–water partition coefficient (Wildman–Crippen LogP) is 2.32. The van der Waals surface area contributed by atoms with Gasteiger partial charge in [-0.15, -0.1) is 0 Å². The number of carboxylic acid groups (broad SMARTS) is 1. The van der Waals surface area contributed by atoms with Gasteiger partial charge in [0, 0.05) is 6.08 Å². The van der Waals surface area contributed by atoms with Crippen LogP contribution in [0, 0.1) is 13.8 Å². The number of carboxylic acids is 1. The zero-order chi connectivity index (χ0) is 11.3. The number of ether oxygens (including phenoxy) is 1. The molecule has 0 bridgehead atoms. The number of carbonyl (C=O) groups is 1. The molecule has 0 aromatic heterocycles. The van der Waals surface area contributed by atoms with E-state index < -0.39 is 5.97 Å². The lowest BCUT2D eigenvalue weighted by Gasteiger charge is -2.07. The van der Waals surface area contributed by atoms with Crippen molar-refractivity contribution in [3.8, 4) is 5.75 Å². The summed E-state index contributed by atoms with van der Waals surface area (Å²) in [4.78, 5) is 10.2. The van der Waals surface area contributed by atoms with Crippen LogP contribution >= 0.6 is 0 Å². The Kier molecular flexibility index (Phi) is 3.92. The maximum Gasteiger partial charge on any atom is 0.328 e.